The molecule has 0 aliphatic carbocycles. The second kappa shape index (κ2) is 10.4. The largest absolute Gasteiger partial charge is 0.490 e. The van der Waals surface area contributed by atoms with Crippen molar-refractivity contribution in [1.29, 1.82) is 0 Å². The van der Waals surface area contributed by atoms with Crippen molar-refractivity contribution in [3.8, 4) is 0 Å². The van der Waals surface area contributed by atoms with Crippen LogP contribution < -0.4 is 0 Å². The van der Waals surface area contributed by atoms with Crippen LogP contribution in [-0.2, 0) is 24.3 Å². The topological polar surface area (TPSA) is 86.9 Å². The summed E-state index contributed by atoms with van der Waals surface area (Å²) in [5.41, 5.74) is 3.51. The zero-order valence-corrected chi connectivity index (χ0v) is 18.7. The van der Waals surface area contributed by atoms with E-state index in [0.29, 0.717) is 5.92 Å². The third-order valence-electron chi connectivity index (χ3n) is 5.70. The highest BCUT2D eigenvalue weighted by Crippen LogP contribution is 2.24. The van der Waals surface area contributed by atoms with E-state index < -0.39 is 12.1 Å². The van der Waals surface area contributed by atoms with E-state index in [1.165, 1.54) is 17.5 Å². The molecular formula is C23H28F3N3O4. The molecule has 1 N–H and O–H groups in total. The molecule has 0 bridgehead atoms. The summed E-state index contributed by atoms with van der Waals surface area (Å²) in [5, 5.41) is 7.12. The van der Waals surface area contributed by atoms with Gasteiger partial charge in [0.25, 0.3) is 5.89 Å². The fourth-order valence-corrected chi connectivity index (χ4v) is 3.94. The van der Waals surface area contributed by atoms with Crippen molar-refractivity contribution in [2.75, 3.05) is 19.6 Å². The van der Waals surface area contributed by atoms with Gasteiger partial charge in [-0.1, -0.05) is 36.8 Å². The number of likely N-dealkylation sites (tertiary alicyclic amines) is 1. The van der Waals surface area contributed by atoms with Crippen molar-refractivity contribution in [3.05, 3.63) is 52.7 Å². The van der Waals surface area contributed by atoms with Gasteiger partial charge in [-0.15, -0.1) is 0 Å². The second-order valence-electron chi connectivity index (χ2n) is 8.64. The van der Waals surface area contributed by atoms with Gasteiger partial charge in [0, 0.05) is 39.1 Å². The number of oxazole rings is 1. The molecule has 33 heavy (non-hydrogen) atoms. The van der Waals surface area contributed by atoms with Crippen LogP contribution in [0.4, 0.5) is 13.2 Å². The molecule has 0 radical (unpaired) electrons. The highest BCUT2D eigenvalue weighted by Gasteiger charge is 2.38. The fraction of sp³-hybridized carbons (Fsp3) is 0.522. The Labute approximate surface area is 190 Å². The van der Waals surface area contributed by atoms with Crippen LogP contribution in [0.5, 0.6) is 0 Å². The maximum absolute atomic E-state index is 12.7. The predicted octanol–water partition coefficient (Wildman–Crippen LogP) is 4.05. The summed E-state index contributed by atoms with van der Waals surface area (Å²) >= 11 is 0. The standard InChI is InChI=1S/C21H27N3O2.C2HF3O2/c1-15-5-7-17(8-6-15)13-23-11-9-19-18(14-23)22-20(26-19)21(25)24-10-3-4-16(2)12-24;3-2(4,5)1(6)7/h5-8,16H,3-4,9-14H2,1-2H3;(H,6,7). The molecule has 2 aliphatic rings. The van der Waals surface area contributed by atoms with Crippen LogP contribution in [0.2, 0.25) is 0 Å². The third kappa shape index (κ3) is 6.80. The van der Waals surface area contributed by atoms with Crippen molar-refractivity contribution in [2.24, 2.45) is 5.92 Å². The second-order valence-corrected chi connectivity index (χ2v) is 8.64. The number of benzene rings is 1. The number of aromatic nitrogens is 1. The van der Waals surface area contributed by atoms with Crippen LogP contribution in [0.15, 0.2) is 28.7 Å². The van der Waals surface area contributed by atoms with Crippen molar-refractivity contribution in [2.45, 2.75) is 52.4 Å². The first-order chi connectivity index (χ1) is 15.5. The van der Waals surface area contributed by atoms with Crippen LogP contribution in [0, 0.1) is 12.8 Å². The normalized spacial score (nSPS) is 18.8. The molecular weight excluding hydrogens is 439 g/mol. The molecule has 1 amide bonds. The number of carboxylic acids is 1. The van der Waals surface area contributed by atoms with Gasteiger partial charge in [0.05, 0.1) is 5.69 Å². The molecule has 1 fully saturated rings. The number of aryl methyl sites for hydroxylation is 1. The first kappa shape index (κ1) is 24.8. The number of piperidine rings is 1. The lowest BCUT2D eigenvalue weighted by Crippen LogP contribution is -2.39. The van der Waals surface area contributed by atoms with E-state index in [9.17, 15) is 18.0 Å². The Morgan fingerprint density at radius 2 is 1.88 bits per heavy atom. The fourth-order valence-electron chi connectivity index (χ4n) is 3.94. The lowest BCUT2D eigenvalue weighted by molar-refractivity contribution is -0.192. The average molecular weight is 467 g/mol. The van der Waals surface area contributed by atoms with Gasteiger partial charge < -0.3 is 14.4 Å². The van der Waals surface area contributed by atoms with Crippen molar-refractivity contribution < 1.29 is 32.3 Å². The Kier molecular flexibility index (Phi) is 7.78. The number of hydrogen-bond donors (Lipinski definition) is 1. The molecule has 1 aromatic heterocycles. The van der Waals surface area contributed by atoms with Crippen molar-refractivity contribution in [3.63, 3.8) is 0 Å². The van der Waals surface area contributed by atoms with Crippen LogP contribution in [-0.4, -0.2) is 57.6 Å². The highest BCUT2D eigenvalue weighted by molar-refractivity contribution is 5.89. The molecule has 0 saturated carbocycles. The van der Waals surface area contributed by atoms with E-state index in [1.807, 2.05) is 4.90 Å². The number of nitrogens with zero attached hydrogens (tertiary/aromatic N) is 3. The quantitative estimate of drug-likeness (QED) is 0.733. The molecule has 1 saturated heterocycles. The zero-order chi connectivity index (χ0) is 24.2. The molecule has 2 aliphatic heterocycles. The predicted molar refractivity (Wildman–Crippen MR) is 113 cm³/mol. The summed E-state index contributed by atoms with van der Waals surface area (Å²) in [6, 6.07) is 8.66. The van der Waals surface area contributed by atoms with Crippen molar-refractivity contribution in [1.82, 2.24) is 14.8 Å². The number of carbonyl (C=O) groups is 2. The van der Waals surface area contributed by atoms with Crippen molar-refractivity contribution >= 4 is 11.9 Å². The number of alkyl halides is 3. The highest BCUT2D eigenvalue weighted by atomic mass is 19.4. The monoisotopic (exact) mass is 467 g/mol. The van der Waals surface area contributed by atoms with E-state index in [4.69, 9.17) is 14.3 Å². The Morgan fingerprint density at radius 3 is 2.48 bits per heavy atom. The van der Waals surface area contributed by atoms with Gasteiger partial charge in [-0.3, -0.25) is 9.69 Å². The molecule has 2 aromatic rings. The van der Waals surface area contributed by atoms with Crippen LogP contribution in [0.3, 0.4) is 0 Å². The molecule has 4 rings (SSSR count). The average Bonchev–Trinajstić information content (AvgIpc) is 3.18. The number of carboxylic acid groups (broad SMARTS) is 1. The van der Waals surface area contributed by atoms with Crippen LogP contribution >= 0.6 is 0 Å². The van der Waals surface area contributed by atoms with Gasteiger partial charge in [0.2, 0.25) is 0 Å². The number of rotatable bonds is 3. The minimum absolute atomic E-state index is 0.0453. The van der Waals surface area contributed by atoms with E-state index in [-0.39, 0.29) is 11.8 Å². The van der Waals surface area contributed by atoms with Crippen LogP contribution in [0.1, 0.15) is 53.0 Å². The van der Waals surface area contributed by atoms with E-state index in [0.717, 1.165) is 57.0 Å². The maximum atomic E-state index is 12.7. The summed E-state index contributed by atoms with van der Waals surface area (Å²) in [5.74, 6) is -1.08. The third-order valence-corrected chi connectivity index (χ3v) is 5.70. The lowest BCUT2D eigenvalue weighted by Gasteiger charge is -2.29. The summed E-state index contributed by atoms with van der Waals surface area (Å²) < 4.78 is 37.6. The SMILES string of the molecule is Cc1ccc(CN2CCc3oc(C(=O)N4CCCC(C)C4)nc3C2)cc1.O=C(O)C(F)(F)F. The van der Waals surface area contributed by atoms with Gasteiger partial charge in [-0.05, 0) is 31.2 Å². The first-order valence-electron chi connectivity index (χ1n) is 10.9. The van der Waals surface area contributed by atoms with E-state index >= 15 is 0 Å². The molecule has 1 unspecified atom stereocenters. The molecule has 3 heterocycles. The maximum Gasteiger partial charge on any atom is 0.490 e. The zero-order valence-electron chi connectivity index (χ0n) is 18.7. The number of carbonyl (C=O) groups excluding carboxylic acids is 1. The van der Waals surface area contributed by atoms with E-state index in [2.05, 4.69) is 48.0 Å². The molecule has 10 heteroatoms. The van der Waals surface area contributed by atoms with Crippen LogP contribution in [0.25, 0.3) is 0 Å². The Hall–Kier alpha value is -2.88. The molecule has 7 nitrogen and oxygen atoms in total. The van der Waals surface area contributed by atoms with Gasteiger partial charge >= 0.3 is 18.1 Å². The minimum atomic E-state index is -5.08. The van der Waals surface area contributed by atoms with Gasteiger partial charge in [0.1, 0.15) is 5.76 Å². The Morgan fingerprint density at radius 1 is 1.21 bits per heavy atom. The van der Waals surface area contributed by atoms with Gasteiger partial charge in [-0.2, -0.15) is 13.2 Å². The summed E-state index contributed by atoms with van der Waals surface area (Å²) in [6.45, 7) is 8.51. The molecule has 1 atom stereocenters. The van der Waals surface area contributed by atoms with Gasteiger partial charge in [0.15, 0.2) is 0 Å². The number of halogens is 3. The summed E-state index contributed by atoms with van der Waals surface area (Å²) in [6.07, 6.45) is -2.00. The number of amides is 1. The Balaban J connectivity index is 0.000000383. The van der Waals surface area contributed by atoms with E-state index in [1.54, 1.807) is 0 Å². The number of hydrogen-bond acceptors (Lipinski definition) is 5. The Bertz CT molecular complexity index is 972. The van der Waals surface area contributed by atoms with Gasteiger partial charge in [-0.25, -0.2) is 9.78 Å². The first-order valence-corrected chi connectivity index (χ1v) is 10.9. The summed E-state index contributed by atoms with van der Waals surface area (Å²) in [4.78, 5) is 30.4. The minimum Gasteiger partial charge on any atom is -0.475 e. The lowest BCUT2D eigenvalue weighted by atomic mass is 10.0. The number of aliphatic carboxylic acids is 1. The molecule has 180 valence electrons. The summed E-state index contributed by atoms with van der Waals surface area (Å²) in [7, 11) is 0. The molecule has 0 spiro atoms. The number of fused-ring (bicyclic) bond motifs is 1. The molecule has 1 aromatic carbocycles. The smallest absolute Gasteiger partial charge is 0.475 e.